The second-order valence-corrected chi connectivity index (χ2v) is 9.34. The van der Waals surface area contributed by atoms with Gasteiger partial charge in [-0.3, -0.25) is 14.2 Å². The fourth-order valence-corrected chi connectivity index (χ4v) is 4.57. The van der Waals surface area contributed by atoms with E-state index in [9.17, 15) is 9.59 Å². The number of aryl methyl sites for hydroxylation is 2. The summed E-state index contributed by atoms with van der Waals surface area (Å²) in [7, 11) is 0. The third-order valence-corrected chi connectivity index (χ3v) is 6.55. The number of hydrogen-bond acceptors (Lipinski definition) is 3. The Kier molecular flexibility index (Phi) is 9.03. The molecule has 3 rings (SSSR count). The number of amides is 1. The van der Waals surface area contributed by atoms with Gasteiger partial charge in [0.15, 0.2) is 0 Å². The average Bonchev–Trinajstić information content (AvgIpc) is 2.83. The van der Waals surface area contributed by atoms with Crippen LogP contribution >= 0.6 is 0 Å². The molecule has 1 unspecified atom stereocenters. The van der Waals surface area contributed by atoms with E-state index in [4.69, 9.17) is 4.98 Å². The summed E-state index contributed by atoms with van der Waals surface area (Å²) in [6.45, 7) is 11.1. The molecule has 0 bridgehead atoms. The minimum atomic E-state index is -0.316. The third kappa shape index (κ3) is 5.75. The van der Waals surface area contributed by atoms with E-state index in [2.05, 4.69) is 19.9 Å². The first kappa shape index (κ1) is 25.7. The standard InChI is InChI=1S/C29H39N3O2/c1-6-8-10-13-19-31(27(33)16-9-7-2)23(5)28-30-25-15-12-11-14-24(25)29(34)32(28)26-18-17-21(3)20-22(26)4/h11-12,14-15,17-18,20,23H,6-10,13,16,19H2,1-5H3. The fraction of sp³-hybridized carbons (Fsp3) is 0.483. The van der Waals surface area contributed by atoms with Gasteiger partial charge >= 0.3 is 0 Å². The van der Waals surface area contributed by atoms with E-state index >= 15 is 0 Å². The number of carbonyl (C=O) groups is 1. The zero-order valence-electron chi connectivity index (χ0n) is 21.4. The Hall–Kier alpha value is -2.95. The Morgan fingerprint density at radius 1 is 1.00 bits per heavy atom. The van der Waals surface area contributed by atoms with Crippen LogP contribution in [-0.4, -0.2) is 26.9 Å². The smallest absolute Gasteiger partial charge is 0.266 e. The van der Waals surface area contributed by atoms with Crippen LogP contribution in [0.1, 0.15) is 88.7 Å². The lowest BCUT2D eigenvalue weighted by Crippen LogP contribution is -2.38. The number of carbonyl (C=O) groups excluding carboxylic acids is 1. The molecule has 1 heterocycles. The Balaban J connectivity index is 2.15. The van der Waals surface area contributed by atoms with Crippen molar-refractivity contribution in [1.82, 2.24) is 14.5 Å². The SMILES string of the molecule is CCCCCCN(C(=O)CCCC)C(C)c1nc2ccccc2c(=O)n1-c1ccc(C)cc1C. The summed E-state index contributed by atoms with van der Waals surface area (Å²) in [4.78, 5) is 34.0. The quantitative estimate of drug-likeness (QED) is 0.300. The lowest BCUT2D eigenvalue weighted by Gasteiger charge is -2.31. The van der Waals surface area contributed by atoms with E-state index in [0.717, 1.165) is 55.3 Å². The van der Waals surface area contributed by atoms with Crippen molar-refractivity contribution in [2.24, 2.45) is 0 Å². The van der Waals surface area contributed by atoms with Gasteiger partial charge in [-0.2, -0.15) is 0 Å². The number of benzene rings is 2. The van der Waals surface area contributed by atoms with E-state index in [1.54, 1.807) is 4.57 Å². The molecular weight excluding hydrogens is 422 g/mol. The number of unbranched alkanes of at least 4 members (excludes halogenated alkanes) is 4. The molecule has 0 aliphatic heterocycles. The molecule has 1 amide bonds. The molecule has 182 valence electrons. The van der Waals surface area contributed by atoms with Crippen LogP contribution in [-0.2, 0) is 4.79 Å². The first-order chi connectivity index (χ1) is 16.4. The predicted molar refractivity (Wildman–Crippen MR) is 141 cm³/mol. The molecule has 1 aromatic heterocycles. The fourth-order valence-electron chi connectivity index (χ4n) is 4.57. The van der Waals surface area contributed by atoms with Gasteiger partial charge in [0.2, 0.25) is 5.91 Å². The van der Waals surface area contributed by atoms with Gasteiger partial charge in [-0.25, -0.2) is 4.98 Å². The van der Waals surface area contributed by atoms with Gasteiger partial charge in [0.05, 0.1) is 22.6 Å². The van der Waals surface area contributed by atoms with Crippen molar-refractivity contribution >= 4 is 16.8 Å². The molecule has 0 spiro atoms. The van der Waals surface area contributed by atoms with Crippen LogP contribution in [0.2, 0.25) is 0 Å². The monoisotopic (exact) mass is 461 g/mol. The Morgan fingerprint density at radius 3 is 2.44 bits per heavy atom. The number of aromatic nitrogens is 2. The summed E-state index contributed by atoms with van der Waals surface area (Å²) in [6, 6.07) is 13.3. The topological polar surface area (TPSA) is 55.2 Å². The molecule has 0 N–H and O–H groups in total. The van der Waals surface area contributed by atoms with Crippen molar-refractivity contribution in [3.05, 3.63) is 69.8 Å². The van der Waals surface area contributed by atoms with E-state index in [0.29, 0.717) is 29.7 Å². The van der Waals surface area contributed by atoms with Gasteiger partial charge < -0.3 is 4.90 Å². The van der Waals surface area contributed by atoms with Crippen LogP contribution in [0.4, 0.5) is 0 Å². The van der Waals surface area contributed by atoms with Gasteiger partial charge in [-0.05, 0) is 57.4 Å². The van der Waals surface area contributed by atoms with E-state index in [-0.39, 0.29) is 17.5 Å². The second-order valence-electron chi connectivity index (χ2n) is 9.34. The maximum Gasteiger partial charge on any atom is 0.266 e. The van der Waals surface area contributed by atoms with Crippen molar-refractivity contribution in [2.45, 2.75) is 85.6 Å². The maximum atomic E-state index is 13.8. The number of rotatable bonds is 11. The Morgan fingerprint density at radius 2 is 1.74 bits per heavy atom. The van der Waals surface area contributed by atoms with E-state index < -0.39 is 0 Å². The molecule has 0 saturated carbocycles. The highest BCUT2D eigenvalue weighted by Gasteiger charge is 2.26. The highest BCUT2D eigenvalue weighted by molar-refractivity contribution is 5.79. The first-order valence-corrected chi connectivity index (χ1v) is 12.8. The van der Waals surface area contributed by atoms with Crippen LogP contribution < -0.4 is 5.56 Å². The molecule has 0 aliphatic carbocycles. The van der Waals surface area contributed by atoms with Crippen LogP contribution in [0.3, 0.4) is 0 Å². The molecule has 5 heteroatoms. The molecule has 0 fully saturated rings. The number of hydrogen-bond donors (Lipinski definition) is 0. The Bertz CT molecular complexity index is 1180. The van der Waals surface area contributed by atoms with Gasteiger partial charge in [-0.15, -0.1) is 0 Å². The van der Waals surface area contributed by atoms with Gasteiger partial charge in [0.25, 0.3) is 5.56 Å². The highest BCUT2D eigenvalue weighted by Crippen LogP contribution is 2.26. The van der Waals surface area contributed by atoms with E-state index in [1.807, 2.05) is 62.1 Å². The first-order valence-electron chi connectivity index (χ1n) is 12.8. The van der Waals surface area contributed by atoms with Crippen molar-refractivity contribution in [3.8, 4) is 5.69 Å². The van der Waals surface area contributed by atoms with Crippen LogP contribution in [0.15, 0.2) is 47.3 Å². The summed E-state index contributed by atoms with van der Waals surface area (Å²) in [6.07, 6.45) is 6.73. The predicted octanol–water partition coefficient (Wildman–Crippen LogP) is 6.66. The molecule has 0 radical (unpaired) electrons. The summed E-state index contributed by atoms with van der Waals surface area (Å²) >= 11 is 0. The number of nitrogens with zero attached hydrogens (tertiary/aromatic N) is 3. The molecular formula is C29H39N3O2. The minimum Gasteiger partial charge on any atom is -0.333 e. The molecule has 2 aromatic carbocycles. The molecule has 5 nitrogen and oxygen atoms in total. The van der Waals surface area contributed by atoms with Crippen molar-refractivity contribution in [2.75, 3.05) is 6.54 Å². The van der Waals surface area contributed by atoms with Gasteiger partial charge in [-0.1, -0.05) is 69.4 Å². The molecule has 34 heavy (non-hydrogen) atoms. The van der Waals surface area contributed by atoms with Crippen LogP contribution in [0.25, 0.3) is 16.6 Å². The van der Waals surface area contributed by atoms with Crippen molar-refractivity contribution < 1.29 is 4.79 Å². The summed E-state index contributed by atoms with van der Waals surface area (Å²) in [5, 5.41) is 0.588. The lowest BCUT2D eigenvalue weighted by molar-refractivity contribution is -0.133. The third-order valence-electron chi connectivity index (χ3n) is 6.55. The highest BCUT2D eigenvalue weighted by atomic mass is 16.2. The lowest BCUT2D eigenvalue weighted by atomic mass is 10.1. The average molecular weight is 462 g/mol. The van der Waals surface area contributed by atoms with Crippen LogP contribution in [0, 0.1) is 13.8 Å². The maximum absolute atomic E-state index is 13.8. The number of fused-ring (bicyclic) bond motifs is 1. The summed E-state index contributed by atoms with van der Waals surface area (Å²) in [5.74, 6) is 0.761. The summed E-state index contributed by atoms with van der Waals surface area (Å²) < 4.78 is 1.73. The molecule has 0 aliphatic rings. The van der Waals surface area contributed by atoms with Gasteiger partial charge in [0, 0.05) is 13.0 Å². The second kappa shape index (κ2) is 12.0. The van der Waals surface area contributed by atoms with Crippen LogP contribution in [0.5, 0.6) is 0 Å². The van der Waals surface area contributed by atoms with Crippen molar-refractivity contribution in [1.29, 1.82) is 0 Å². The van der Waals surface area contributed by atoms with Crippen molar-refractivity contribution in [3.63, 3.8) is 0 Å². The molecule has 0 saturated heterocycles. The Labute approximate surface area is 203 Å². The normalized spacial score (nSPS) is 12.1. The summed E-state index contributed by atoms with van der Waals surface area (Å²) in [5.41, 5.74) is 3.56. The minimum absolute atomic E-state index is 0.0913. The molecule has 3 aromatic rings. The zero-order chi connectivity index (χ0) is 24.7. The van der Waals surface area contributed by atoms with E-state index in [1.165, 1.54) is 0 Å². The zero-order valence-corrected chi connectivity index (χ0v) is 21.4. The van der Waals surface area contributed by atoms with Gasteiger partial charge in [0.1, 0.15) is 5.82 Å². The largest absolute Gasteiger partial charge is 0.333 e. The number of para-hydroxylation sites is 1. The molecule has 1 atom stereocenters.